The molecule has 1 N–H and O–H groups in total. The van der Waals surface area contributed by atoms with Gasteiger partial charge >= 0.3 is 0 Å². The van der Waals surface area contributed by atoms with Crippen molar-refractivity contribution in [2.24, 2.45) is 5.92 Å². The van der Waals surface area contributed by atoms with E-state index in [0.29, 0.717) is 17.1 Å². The van der Waals surface area contributed by atoms with E-state index in [1.165, 1.54) is 17.7 Å². The van der Waals surface area contributed by atoms with Crippen molar-refractivity contribution in [2.45, 2.75) is 33.2 Å². The number of hydrogen-bond acceptors (Lipinski definition) is 5. The van der Waals surface area contributed by atoms with Gasteiger partial charge in [0.1, 0.15) is 5.82 Å². The number of carbonyl (C=O) groups excluding carboxylic acids is 1. The average Bonchev–Trinajstić information content (AvgIpc) is 3.40. The monoisotopic (exact) mass is 497 g/mol. The molecule has 5 rings (SSSR count). The fraction of sp³-hybridized carbons (Fsp3) is 0.320. The van der Waals surface area contributed by atoms with Crippen LogP contribution in [0.5, 0.6) is 0 Å². The zero-order chi connectivity index (χ0) is 23.8. The third-order valence-electron chi connectivity index (χ3n) is 6.19. The van der Waals surface area contributed by atoms with Gasteiger partial charge in [-0.2, -0.15) is 10.1 Å². The number of hydrogen-bond donors (Lipinski definition) is 1. The molecule has 4 aromatic rings. The highest BCUT2D eigenvalue weighted by molar-refractivity contribution is 7.22. The van der Waals surface area contributed by atoms with Crippen LogP contribution in [0.3, 0.4) is 0 Å². The molecule has 6 nitrogen and oxygen atoms in total. The lowest BCUT2D eigenvalue weighted by Gasteiger charge is -2.31. The molecule has 2 aromatic heterocycles. The lowest BCUT2D eigenvalue weighted by Crippen LogP contribution is -2.43. The zero-order valence-electron chi connectivity index (χ0n) is 19.0. The van der Waals surface area contributed by atoms with Crippen molar-refractivity contribution in [1.29, 1.82) is 0 Å². The molecule has 0 bridgehead atoms. The minimum atomic E-state index is -0.389. The summed E-state index contributed by atoms with van der Waals surface area (Å²) in [5.41, 5.74) is 4.67. The number of fused-ring (bicyclic) bond motifs is 1. The van der Waals surface area contributed by atoms with E-state index in [1.54, 1.807) is 17.4 Å². The van der Waals surface area contributed by atoms with Gasteiger partial charge in [-0.05, 0) is 56.5 Å². The van der Waals surface area contributed by atoms with Crippen molar-refractivity contribution in [3.63, 3.8) is 0 Å². The van der Waals surface area contributed by atoms with Gasteiger partial charge in [-0.1, -0.05) is 46.7 Å². The molecule has 1 saturated heterocycles. The Morgan fingerprint density at radius 2 is 2.03 bits per heavy atom. The fourth-order valence-electron chi connectivity index (χ4n) is 4.28. The number of thiazole rings is 1. The van der Waals surface area contributed by atoms with Gasteiger partial charge in [0.25, 0.3) is 0 Å². The van der Waals surface area contributed by atoms with E-state index in [9.17, 15) is 9.18 Å². The number of halogens is 2. The molecular weight excluding hydrogens is 473 g/mol. The molecule has 34 heavy (non-hydrogen) atoms. The number of nitrogens with zero attached hydrogens (tertiary/aromatic N) is 4. The molecule has 1 aliphatic heterocycles. The number of benzene rings is 2. The highest BCUT2D eigenvalue weighted by atomic mass is 35.5. The standard InChI is InChI=1S/C25H25ClFN5OS/c1-15-5-9-20(10-6-15)32-23-22(16(2)30-32)34-25(29-23)31-11-3-4-18(14-31)24(33)28-13-17-7-8-19(27)12-21(17)26/h5-10,12,18H,3-4,11,13-14H2,1-2H3,(H,28,33). The molecule has 2 aromatic carbocycles. The minimum Gasteiger partial charge on any atom is -0.352 e. The first kappa shape index (κ1) is 22.8. The fourth-order valence-corrected chi connectivity index (χ4v) is 5.54. The van der Waals surface area contributed by atoms with Gasteiger partial charge in [0.2, 0.25) is 5.91 Å². The third-order valence-corrected chi connectivity index (χ3v) is 7.75. The molecule has 1 unspecified atom stereocenters. The Bertz CT molecular complexity index is 1350. The van der Waals surface area contributed by atoms with Crippen molar-refractivity contribution in [2.75, 3.05) is 18.0 Å². The predicted octanol–water partition coefficient (Wildman–Crippen LogP) is 5.42. The summed E-state index contributed by atoms with van der Waals surface area (Å²) in [6.45, 7) is 5.81. The van der Waals surface area contributed by atoms with Crippen molar-refractivity contribution in [3.8, 4) is 5.69 Å². The molecule has 0 saturated carbocycles. The smallest absolute Gasteiger partial charge is 0.225 e. The van der Waals surface area contributed by atoms with Crippen LogP contribution >= 0.6 is 22.9 Å². The Morgan fingerprint density at radius 3 is 2.79 bits per heavy atom. The predicted molar refractivity (Wildman–Crippen MR) is 134 cm³/mol. The van der Waals surface area contributed by atoms with Crippen LogP contribution in [-0.4, -0.2) is 33.8 Å². The Morgan fingerprint density at radius 1 is 1.24 bits per heavy atom. The van der Waals surface area contributed by atoms with Gasteiger partial charge in [-0.3, -0.25) is 4.79 Å². The number of amides is 1. The zero-order valence-corrected chi connectivity index (χ0v) is 20.6. The van der Waals surface area contributed by atoms with E-state index in [2.05, 4.69) is 41.4 Å². The Labute approximate surface area is 206 Å². The molecule has 9 heteroatoms. The Hall–Kier alpha value is -2.97. The number of carbonyl (C=O) groups is 1. The molecular formula is C25H25ClFN5OS. The molecule has 1 atom stereocenters. The summed E-state index contributed by atoms with van der Waals surface area (Å²) in [5, 5.41) is 8.89. The molecule has 0 aliphatic carbocycles. The number of anilines is 1. The molecule has 0 spiro atoms. The van der Waals surface area contributed by atoms with Crippen LogP contribution in [0, 0.1) is 25.6 Å². The van der Waals surface area contributed by atoms with Crippen molar-refractivity contribution in [1.82, 2.24) is 20.1 Å². The van der Waals surface area contributed by atoms with Crippen molar-refractivity contribution < 1.29 is 9.18 Å². The van der Waals surface area contributed by atoms with Crippen LogP contribution in [0.1, 0.15) is 29.7 Å². The van der Waals surface area contributed by atoms with Crippen molar-refractivity contribution >= 4 is 44.3 Å². The SMILES string of the molecule is Cc1ccc(-n2nc(C)c3sc(N4CCCC(C(=O)NCc5ccc(F)cc5Cl)C4)nc32)cc1. The summed E-state index contributed by atoms with van der Waals surface area (Å²) < 4.78 is 16.2. The second-order valence-electron chi connectivity index (χ2n) is 8.72. The second-order valence-corrected chi connectivity index (χ2v) is 10.1. The normalized spacial score (nSPS) is 16.2. The maximum Gasteiger partial charge on any atom is 0.225 e. The van der Waals surface area contributed by atoms with Gasteiger partial charge in [-0.15, -0.1) is 0 Å². The summed E-state index contributed by atoms with van der Waals surface area (Å²) in [7, 11) is 0. The van der Waals surface area contributed by atoms with E-state index >= 15 is 0 Å². The van der Waals surface area contributed by atoms with Crippen LogP contribution in [0.4, 0.5) is 9.52 Å². The molecule has 0 radical (unpaired) electrons. The molecule has 1 amide bonds. The van der Waals surface area contributed by atoms with Crippen LogP contribution in [0.2, 0.25) is 5.02 Å². The quantitative estimate of drug-likeness (QED) is 0.399. The summed E-state index contributed by atoms with van der Waals surface area (Å²) in [5.74, 6) is -0.553. The second kappa shape index (κ2) is 9.35. The largest absolute Gasteiger partial charge is 0.352 e. The Balaban J connectivity index is 1.31. The first-order valence-corrected chi connectivity index (χ1v) is 12.5. The summed E-state index contributed by atoms with van der Waals surface area (Å²) in [6, 6.07) is 12.5. The summed E-state index contributed by atoms with van der Waals surface area (Å²) >= 11 is 7.72. The maximum atomic E-state index is 13.3. The van der Waals surface area contributed by atoms with Crippen LogP contribution in [0.15, 0.2) is 42.5 Å². The van der Waals surface area contributed by atoms with Gasteiger partial charge in [0.15, 0.2) is 10.8 Å². The number of aryl methyl sites for hydroxylation is 2. The molecule has 176 valence electrons. The molecule has 3 heterocycles. The highest BCUT2D eigenvalue weighted by Gasteiger charge is 2.28. The third kappa shape index (κ3) is 4.52. The lowest BCUT2D eigenvalue weighted by molar-refractivity contribution is -0.125. The van der Waals surface area contributed by atoms with E-state index in [-0.39, 0.29) is 24.2 Å². The van der Waals surface area contributed by atoms with E-state index in [1.807, 2.05) is 11.6 Å². The first-order chi connectivity index (χ1) is 16.4. The van der Waals surface area contributed by atoms with Crippen LogP contribution in [-0.2, 0) is 11.3 Å². The van der Waals surface area contributed by atoms with Crippen molar-refractivity contribution in [3.05, 3.63) is 70.1 Å². The molecule has 1 fully saturated rings. The number of nitrogens with one attached hydrogen (secondary N) is 1. The highest BCUT2D eigenvalue weighted by Crippen LogP contribution is 2.34. The van der Waals surface area contributed by atoms with Crippen LogP contribution in [0.25, 0.3) is 16.0 Å². The van der Waals surface area contributed by atoms with Gasteiger partial charge in [0, 0.05) is 24.7 Å². The van der Waals surface area contributed by atoms with E-state index < -0.39 is 0 Å². The van der Waals surface area contributed by atoms with Gasteiger partial charge in [0.05, 0.1) is 22.0 Å². The average molecular weight is 498 g/mol. The van der Waals surface area contributed by atoms with Gasteiger partial charge < -0.3 is 10.2 Å². The van der Waals surface area contributed by atoms with Gasteiger partial charge in [-0.25, -0.2) is 9.07 Å². The van der Waals surface area contributed by atoms with E-state index in [0.717, 1.165) is 46.2 Å². The van der Waals surface area contributed by atoms with Crippen LogP contribution < -0.4 is 10.2 Å². The topological polar surface area (TPSA) is 63.1 Å². The number of rotatable bonds is 5. The lowest BCUT2D eigenvalue weighted by atomic mass is 9.97. The number of aromatic nitrogens is 3. The minimum absolute atomic E-state index is 0.0202. The first-order valence-electron chi connectivity index (χ1n) is 11.3. The summed E-state index contributed by atoms with van der Waals surface area (Å²) in [4.78, 5) is 20.0. The molecule has 1 aliphatic rings. The maximum absolute atomic E-state index is 13.3. The number of piperidine rings is 1. The van der Waals surface area contributed by atoms with E-state index in [4.69, 9.17) is 21.7 Å². The Kier molecular flexibility index (Phi) is 6.27. The summed E-state index contributed by atoms with van der Waals surface area (Å²) in [6.07, 6.45) is 1.73.